The lowest BCUT2D eigenvalue weighted by atomic mass is 10.1. The van der Waals surface area contributed by atoms with E-state index in [1.54, 1.807) is 33.6 Å². The molecule has 0 fully saturated rings. The van der Waals surface area contributed by atoms with Gasteiger partial charge in [-0.25, -0.2) is 37.5 Å². The number of fused-ring (bicyclic) bond motifs is 2. The van der Waals surface area contributed by atoms with Crippen LogP contribution in [0.25, 0.3) is 56.7 Å². The second-order valence-corrected chi connectivity index (χ2v) is 12.2. The van der Waals surface area contributed by atoms with Crippen molar-refractivity contribution in [2.24, 2.45) is 0 Å². The highest BCUT2D eigenvalue weighted by atomic mass is 32.2. The predicted molar refractivity (Wildman–Crippen MR) is 172 cm³/mol. The van der Waals surface area contributed by atoms with Gasteiger partial charge in [0, 0.05) is 77.8 Å². The summed E-state index contributed by atoms with van der Waals surface area (Å²) in [6, 6.07) is 6.63. The highest BCUT2D eigenvalue weighted by Gasteiger charge is 2.23. The molecule has 0 radical (unpaired) electrons. The van der Waals surface area contributed by atoms with E-state index in [1.807, 2.05) is 6.26 Å². The fourth-order valence-electron chi connectivity index (χ4n) is 4.99. The van der Waals surface area contributed by atoms with E-state index in [0.29, 0.717) is 39.2 Å². The van der Waals surface area contributed by atoms with Gasteiger partial charge in [0.1, 0.15) is 47.2 Å². The van der Waals surface area contributed by atoms with Crippen LogP contribution < -0.4 is 0 Å². The third-order valence-electron chi connectivity index (χ3n) is 7.14. The third-order valence-corrected chi connectivity index (χ3v) is 8.44. The van der Waals surface area contributed by atoms with E-state index in [2.05, 4.69) is 29.9 Å². The predicted octanol–water partition coefficient (Wildman–Crippen LogP) is 7.12. The number of rotatable bonds is 6. The molecule has 1 atom stereocenters. The average Bonchev–Trinajstić information content (AvgIpc) is 3.87. The zero-order valence-corrected chi connectivity index (χ0v) is 26.8. The Morgan fingerprint density at radius 2 is 1.14 bits per heavy atom. The summed E-state index contributed by atoms with van der Waals surface area (Å²) < 4.78 is 80.2. The summed E-state index contributed by atoms with van der Waals surface area (Å²) in [6.45, 7) is 0. The van der Waals surface area contributed by atoms with Crippen LogP contribution in [0.4, 0.5) is 17.6 Å². The molecule has 6 heterocycles. The number of aromatic nitrogens is 8. The van der Waals surface area contributed by atoms with Gasteiger partial charge in [0.05, 0.1) is 22.2 Å². The lowest BCUT2D eigenvalue weighted by Crippen LogP contribution is -1.98. The second kappa shape index (κ2) is 13.1. The Kier molecular flexibility index (Phi) is 8.52. The van der Waals surface area contributed by atoms with Crippen molar-refractivity contribution in [3.05, 3.63) is 109 Å². The average molecular weight is 705 g/mol. The molecule has 0 aliphatic rings. The van der Waals surface area contributed by atoms with Gasteiger partial charge < -0.3 is 8.83 Å². The Balaban J connectivity index is 0.000000154. The summed E-state index contributed by atoms with van der Waals surface area (Å²) in [5.74, 6) is -2.21. The van der Waals surface area contributed by atoms with Crippen LogP contribution in [0.2, 0.25) is 0 Å². The van der Waals surface area contributed by atoms with Crippen molar-refractivity contribution in [1.29, 1.82) is 0 Å². The van der Waals surface area contributed by atoms with Gasteiger partial charge in [0.2, 0.25) is 5.16 Å². The summed E-state index contributed by atoms with van der Waals surface area (Å²) >= 11 is 1.42. The van der Waals surface area contributed by atoms with E-state index in [1.165, 1.54) is 61.1 Å². The largest absolute Gasteiger partial charge is 0.432 e. The van der Waals surface area contributed by atoms with Gasteiger partial charge in [-0.2, -0.15) is 9.97 Å². The Labute approximate surface area is 280 Å². The molecule has 2 aromatic carbocycles. The molecule has 49 heavy (non-hydrogen) atoms. The van der Waals surface area contributed by atoms with Gasteiger partial charge in [-0.15, -0.1) is 0 Å². The minimum atomic E-state index is -1.32. The van der Waals surface area contributed by atoms with Crippen LogP contribution in [0.15, 0.2) is 105 Å². The quantitative estimate of drug-likeness (QED) is 0.100. The standard InChI is InChI=1S/C16H10F2N4O2S.C16H10F2N4OS/c1-25(23)15-19-7-9(8-20-15)14-13(21-16-22(14)4-5-24-16)11-3-2-10(17)6-12(11)18;1-24-15-19-7-9(8-20-15)14-13(21-16-22(14)4-5-23-16)11-3-2-10(17)6-12(11)18/h2-8H,1H3;2-8H,1H3. The van der Waals surface area contributed by atoms with E-state index < -0.39 is 34.1 Å². The van der Waals surface area contributed by atoms with Gasteiger partial charge in [-0.1, -0.05) is 11.8 Å². The minimum absolute atomic E-state index is 0.124. The molecule has 8 aromatic rings. The molecule has 0 N–H and O–H groups in total. The van der Waals surface area contributed by atoms with E-state index >= 15 is 0 Å². The maximum atomic E-state index is 14.2. The highest BCUT2D eigenvalue weighted by molar-refractivity contribution is 7.98. The monoisotopic (exact) mass is 704 g/mol. The number of imidazole rings is 2. The SMILES string of the molecule is CS(=O)c1ncc(-c2c(-c3ccc(F)cc3F)nc3occn23)cn1.CSc1ncc(-c2c(-c3ccc(F)cc3F)nc3occn23)cn1. The maximum absolute atomic E-state index is 14.2. The number of hydrogen-bond donors (Lipinski definition) is 0. The Morgan fingerprint density at radius 1 is 0.694 bits per heavy atom. The zero-order chi connectivity index (χ0) is 34.2. The Bertz CT molecular complexity index is 2480. The van der Waals surface area contributed by atoms with Gasteiger partial charge in [0.25, 0.3) is 0 Å². The van der Waals surface area contributed by atoms with E-state index in [0.717, 1.165) is 18.2 Å². The van der Waals surface area contributed by atoms with Crippen molar-refractivity contribution in [3.8, 4) is 45.0 Å². The Morgan fingerprint density at radius 3 is 1.55 bits per heavy atom. The van der Waals surface area contributed by atoms with Crippen LogP contribution in [0.5, 0.6) is 0 Å². The molecule has 0 amide bonds. The summed E-state index contributed by atoms with van der Waals surface area (Å²) in [6.07, 6.45) is 15.8. The Hall–Kier alpha value is -5.68. The molecular formula is C32H20F4N8O3S2. The fourth-order valence-corrected chi connectivity index (χ4v) is 5.71. The number of thioether (sulfide) groups is 1. The minimum Gasteiger partial charge on any atom is -0.432 e. The van der Waals surface area contributed by atoms with Crippen molar-refractivity contribution in [2.45, 2.75) is 10.3 Å². The van der Waals surface area contributed by atoms with Crippen molar-refractivity contribution in [2.75, 3.05) is 12.5 Å². The van der Waals surface area contributed by atoms with E-state index in [4.69, 9.17) is 8.83 Å². The number of benzene rings is 2. The number of hydrogen-bond acceptors (Lipinski definition) is 10. The molecule has 0 aliphatic heterocycles. The molecule has 0 spiro atoms. The van der Waals surface area contributed by atoms with Crippen molar-refractivity contribution < 1.29 is 30.6 Å². The normalized spacial score (nSPS) is 12.0. The zero-order valence-electron chi connectivity index (χ0n) is 25.2. The highest BCUT2D eigenvalue weighted by Crippen LogP contribution is 2.35. The van der Waals surface area contributed by atoms with Crippen LogP contribution >= 0.6 is 11.8 Å². The van der Waals surface area contributed by atoms with Crippen LogP contribution in [-0.4, -0.2) is 55.4 Å². The maximum Gasteiger partial charge on any atom is 0.306 e. The van der Waals surface area contributed by atoms with Gasteiger partial charge in [-0.3, -0.25) is 13.0 Å². The van der Waals surface area contributed by atoms with Crippen LogP contribution in [0.3, 0.4) is 0 Å². The second-order valence-electron chi connectivity index (χ2n) is 10.1. The first-order valence-electron chi connectivity index (χ1n) is 14.1. The third kappa shape index (κ3) is 6.09. The van der Waals surface area contributed by atoms with E-state index in [-0.39, 0.29) is 27.8 Å². The summed E-state index contributed by atoms with van der Waals surface area (Å²) in [7, 11) is -1.32. The number of halogens is 4. The molecule has 6 aromatic heterocycles. The van der Waals surface area contributed by atoms with Gasteiger partial charge in [0.15, 0.2) is 5.16 Å². The fraction of sp³-hybridized carbons (Fsp3) is 0.0625. The molecule has 8 rings (SSSR count). The first-order chi connectivity index (χ1) is 23.7. The van der Waals surface area contributed by atoms with Crippen molar-refractivity contribution >= 4 is 34.2 Å². The molecule has 0 saturated heterocycles. The van der Waals surface area contributed by atoms with Crippen LogP contribution in [-0.2, 0) is 10.8 Å². The van der Waals surface area contributed by atoms with Gasteiger partial charge >= 0.3 is 11.7 Å². The summed E-state index contributed by atoms with van der Waals surface area (Å²) in [5.41, 5.74) is 3.16. The molecule has 0 aliphatic carbocycles. The van der Waals surface area contributed by atoms with Crippen LogP contribution in [0.1, 0.15) is 0 Å². The molecule has 17 heteroatoms. The number of oxazole rings is 2. The van der Waals surface area contributed by atoms with E-state index in [9.17, 15) is 21.8 Å². The van der Waals surface area contributed by atoms with Crippen molar-refractivity contribution in [1.82, 2.24) is 38.7 Å². The molecule has 0 bridgehead atoms. The summed E-state index contributed by atoms with van der Waals surface area (Å²) in [5, 5.41) is 0.812. The molecule has 11 nitrogen and oxygen atoms in total. The number of nitrogens with zero attached hydrogens (tertiary/aromatic N) is 8. The molecule has 246 valence electrons. The lowest BCUT2D eigenvalue weighted by molar-refractivity contribution is 0.584. The molecule has 0 saturated carbocycles. The van der Waals surface area contributed by atoms with Gasteiger partial charge in [-0.05, 0) is 30.5 Å². The van der Waals surface area contributed by atoms with Crippen LogP contribution in [0, 0.1) is 23.3 Å². The van der Waals surface area contributed by atoms with Crippen molar-refractivity contribution in [3.63, 3.8) is 0 Å². The molecular weight excluding hydrogens is 685 g/mol. The first-order valence-corrected chi connectivity index (χ1v) is 16.8. The smallest absolute Gasteiger partial charge is 0.306 e. The first kappa shape index (κ1) is 31.9. The summed E-state index contributed by atoms with van der Waals surface area (Å²) in [4.78, 5) is 25.2. The molecule has 1 unspecified atom stereocenters. The lowest BCUT2D eigenvalue weighted by Gasteiger charge is -2.05. The topological polar surface area (TPSA) is 130 Å².